The lowest BCUT2D eigenvalue weighted by Crippen LogP contribution is -2.26. The highest BCUT2D eigenvalue weighted by Crippen LogP contribution is 2.02. The van der Waals surface area contributed by atoms with Crippen molar-refractivity contribution < 1.29 is 8.42 Å². The molecule has 0 aromatic carbocycles. The molecule has 0 heterocycles. The summed E-state index contributed by atoms with van der Waals surface area (Å²) in [6.45, 7) is 9.80. The quantitative estimate of drug-likeness (QED) is 0.636. The standard InChI is InChI=1S/C12H27NO2S/c1-11(2)6-5-7-13-8-9-16(14,15)10-12(3)4/h11-13H,5-10H2,1-4H3. The molecule has 0 spiro atoms. The van der Waals surface area contributed by atoms with Crippen LogP contribution in [0.5, 0.6) is 0 Å². The number of sulfone groups is 1. The average molecular weight is 249 g/mol. The van der Waals surface area contributed by atoms with Gasteiger partial charge in [-0.2, -0.15) is 0 Å². The summed E-state index contributed by atoms with van der Waals surface area (Å²) in [5.41, 5.74) is 0. The van der Waals surface area contributed by atoms with Crippen molar-refractivity contribution in [2.45, 2.75) is 40.5 Å². The van der Waals surface area contributed by atoms with Crippen LogP contribution in [0.1, 0.15) is 40.5 Å². The van der Waals surface area contributed by atoms with E-state index in [1.165, 1.54) is 6.42 Å². The maximum absolute atomic E-state index is 11.5. The first-order chi connectivity index (χ1) is 7.33. The Hall–Kier alpha value is -0.0900. The fraction of sp³-hybridized carbons (Fsp3) is 1.00. The fourth-order valence-corrected chi connectivity index (χ4v) is 3.22. The van der Waals surface area contributed by atoms with Gasteiger partial charge in [0, 0.05) is 6.54 Å². The summed E-state index contributed by atoms with van der Waals surface area (Å²) in [4.78, 5) is 0. The van der Waals surface area contributed by atoms with Gasteiger partial charge in [0.15, 0.2) is 9.84 Å². The predicted octanol–water partition coefficient (Wildman–Crippen LogP) is 2.08. The summed E-state index contributed by atoms with van der Waals surface area (Å²) in [6.07, 6.45) is 2.33. The van der Waals surface area contributed by atoms with Crippen LogP contribution in [0, 0.1) is 11.8 Å². The van der Waals surface area contributed by atoms with Crippen molar-refractivity contribution in [3.05, 3.63) is 0 Å². The molecule has 0 aliphatic rings. The topological polar surface area (TPSA) is 46.2 Å². The van der Waals surface area contributed by atoms with Crippen molar-refractivity contribution >= 4 is 9.84 Å². The lowest BCUT2D eigenvalue weighted by molar-refractivity contribution is 0.530. The van der Waals surface area contributed by atoms with E-state index >= 15 is 0 Å². The first kappa shape index (κ1) is 15.9. The Labute approximate surface area is 101 Å². The van der Waals surface area contributed by atoms with Crippen LogP contribution in [-0.4, -0.2) is 33.0 Å². The number of hydrogen-bond acceptors (Lipinski definition) is 3. The third-order valence-corrected chi connectivity index (χ3v) is 4.31. The largest absolute Gasteiger partial charge is 0.316 e. The molecule has 16 heavy (non-hydrogen) atoms. The summed E-state index contributed by atoms with van der Waals surface area (Å²) in [7, 11) is -2.85. The predicted molar refractivity (Wildman–Crippen MR) is 70.4 cm³/mol. The zero-order valence-corrected chi connectivity index (χ0v) is 11.9. The van der Waals surface area contributed by atoms with E-state index < -0.39 is 9.84 Å². The van der Waals surface area contributed by atoms with E-state index in [9.17, 15) is 8.42 Å². The van der Waals surface area contributed by atoms with Gasteiger partial charge < -0.3 is 5.32 Å². The maximum atomic E-state index is 11.5. The molecule has 0 fully saturated rings. The zero-order valence-electron chi connectivity index (χ0n) is 11.1. The smallest absolute Gasteiger partial charge is 0.151 e. The van der Waals surface area contributed by atoms with Crippen molar-refractivity contribution in [2.75, 3.05) is 24.6 Å². The SMILES string of the molecule is CC(C)CCCNCCS(=O)(=O)CC(C)C. The van der Waals surface area contributed by atoms with Crippen LogP contribution >= 0.6 is 0 Å². The molecule has 0 unspecified atom stereocenters. The molecule has 3 nitrogen and oxygen atoms in total. The van der Waals surface area contributed by atoms with Crippen molar-refractivity contribution in [1.29, 1.82) is 0 Å². The van der Waals surface area contributed by atoms with Gasteiger partial charge >= 0.3 is 0 Å². The number of nitrogens with one attached hydrogen (secondary N) is 1. The average Bonchev–Trinajstić information content (AvgIpc) is 2.08. The van der Waals surface area contributed by atoms with E-state index in [4.69, 9.17) is 0 Å². The van der Waals surface area contributed by atoms with Gasteiger partial charge in [0.05, 0.1) is 11.5 Å². The summed E-state index contributed by atoms with van der Waals surface area (Å²) in [5.74, 6) is 1.53. The van der Waals surface area contributed by atoms with Crippen LogP contribution in [0.3, 0.4) is 0 Å². The third-order valence-electron chi connectivity index (χ3n) is 2.31. The Morgan fingerprint density at radius 3 is 2.12 bits per heavy atom. The second-order valence-electron chi connectivity index (χ2n) is 5.29. The van der Waals surface area contributed by atoms with E-state index in [-0.39, 0.29) is 11.7 Å². The highest BCUT2D eigenvalue weighted by atomic mass is 32.2. The normalized spacial score (nSPS) is 12.6. The van der Waals surface area contributed by atoms with Crippen LogP contribution in [-0.2, 0) is 9.84 Å². The molecule has 98 valence electrons. The van der Waals surface area contributed by atoms with Gasteiger partial charge in [0.1, 0.15) is 0 Å². The first-order valence-electron chi connectivity index (χ1n) is 6.24. The fourth-order valence-electron chi connectivity index (χ4n) is 1.58. The number of hydrogen-bond donors (Lipinski definition) is 1. The third kappa shape index (κ3) is 10.4. The first-order valence-corrected chi connectivity index (χ1v) is 8.07. The van der Waals surface area contributed by atoms with Crippen molar-refractivity contribution in [2.24, 2.45) is 11.8 Å². The molecule has 0 aliphatic carbocycles. The van der Waals surface area contributed by atoms with E-state index in [1.807, 2.05) is 13.8 Å². The van der Waals surface area contributed by atoms with Gasteiger partial charge in [0.25, 0.3) is 0 Å². The van der Waals surface area contributed by atoms with E-state index in [1.54, 1.807) is 0 Å². The summed E-state index contributed by atoms with van der Waals surface area (Å²) < 4.78 is 23.1. The lowest BCUT2D eigenvalue weighted by atomic mass is 10.1. The van der Waals surface area contributed by atoms with Crippen molar-refractivity contribution in [1.82, 2.24) is 5.32 Å². The molecule has 0 amide bonds. The Balaban J connectivity index is 3.51. The summed E-state index contributed by atoms with van der Waals surface area (Å²) >= 11 is 0. The monoisotopic (exact) mass is 249 g/mol. The Morgan fingerprint density at radius 1 is 1.00 bits per heavy atom. The molecule has 0 aliphatic heterocycles. The molecule has 0 saturated heterocycles. The maximum Gasteiger partial charge on any atom is 0.151 e. The molecular weight excluding hydrogens is 222 g/mol. The van der Waals surface area contributed by atoms with Crippen LogP contribution in [0.15, 0.2) is 0 Å². The van der Waals surface area contributed by atoms with Gasteiger partial charge in [-0.25, -0.2) is 8.42 Å². The minimum absolute atomic E-state index is 0.228. The Morgan fingerprint density at radius 2 is 1.62 bits per heavy atom. The van der Waals surface area contributed by atoms with Gasteiger partial charge in [-0.05, 0) is 31.2 Å². The minimum Gasteiger partial charge on any atom is -0.316 e. The Kier molecular flexibility index (Phi) is 8.02. The molecular formula is C12H27NO2S. The van der Waals surface area contributed by atoms with Crippen LogP contribution in [0.4, 0.5) is 0 Å². The van der Waals surface area contributed by atoms with E-state index in [0.717, 1.165) is 18.9 Å². The molecule has 0 aromatic rings. The molecule has 0 radical (unpaired) electrons. The second-order valence-corrected chi connectivity index (χ2v) is 7.52. The Bertz CT molecular complexity index is 258. The van der Waals surface area contributed by atoms with Crippen LogP contribution in [0.25, 0.3) is 0 Å². The molecule has 4 heteroatoms. The molecule has 0 atom stereocenters. The van der Waals surface area contributed by atoms with E-state index in [2.05, 4.69) is 19.2 Å². The molecule has 0 bridgehead atoms. The van der Waals surface area contributed by atoms with Crippen LogP contribution in [0.2, 0.25) is 0 Å². The van der Waals surface area contributed by atoms with Crippen LogP contribution < -0.4 is 5.32 Å². The molecule has 0 aromatic heterocycles. The van der Waals surface area contributed by atoms with Gasteiger partial charge in [-0.1, -0.05) is 27.7 Å². The molecule has 0 saturated carbocycles. The molecule has 1 N–H and O–H groups in total. The summed E-state index contributed by atoms with van der Waals surface area (Å²) in [5, 5.41) is 3.19. The van der Waals surface area contributed by atoms with Gasteiger partial charge in [-0.3, -0.25) is 0 Å². The highest BCUT2D eigenvalue weighted by Gasteiger charge is 2.12. The summed E-state index contributed by atoms with van der Waals surface area (Å²) in [6, 6.07) is 0. The van der Waals surface area contributed by atoms with Gasteiger partial charge in [0.2, 0.25) is 0 Å². The second kappa shape index (κ2) is 8.07. The van der Waals surface area contributed by atoms with E-state index in [0.29, 0.717) is 12.3 Å². The highest BCUT2D eigenvalue weighted by molar-refractivity contribution is 7.91. The van der Waals surface area contributed by atoms with Crippen molar-refractivity contribution in [3.63, 3.8) is 0 Å². The van der Waals surface area contributed by atoms with Gasteiger partial charge in [-0.15, -0.1) is 0 Å². The number of rotatable bonds is 9. The molecule has 0 rings (SSSR count). The van der Waals surface area contributed by atoms with Crippen molar-refractivity contribution in [3.8, 4) is 0 Å². The minimum atomic E-state index is -2.85. The lowest BCUT2D eigenvalue weighted by Gasteiger charge is -2.08. The zero-order chi connectivity index (χ0) is 12.6.